The molecule has 1 aromatic rings. The van der Waals surface area contributed by atoms with E-state index in [1.807, 2.05) is 0 Å². The Bertz CT molecular complexity index is 587. The summed E-state index contributed by atoms with van der Waals surface area (Å²) in [4.78, 5) is -0.00293. The van der Waals surface area contributed by atoms with Gasteiger partial charge in [-0.05, 0) is 25.9 Å². The Balaban J connectivity index is 2.39. The highest BCUT2D eigenvalue weighted by Crippen LogP contribution is 2.37. The largest absolute Gasteiger partial charge is 0.496 e. The van der Waals surface area contributed by atoms with Gasteiger partial charge in [-0.25, -0.2) is 13.1 Å². The van der Waals surface area contributed by atoms with E-state index in [0.717, 1.165) is 25.9 Å². The number of hydrogen-bond donors (Lipinski definition) is 2. The molecule has 2 rings (SSSR count). The molecule has 0 atom stereocenters. The number of hydrogen-bond acceptors (Lipinski definition) is 6. The summed E-state index contributed by atoms with van der Waals surface area (Å²) >= 11 is 0. The molecular formula is C14H22N2O5S. The molecule has 0 unspecified atom stereocenters. The first-order valence-corrected chi connectivity index (χ1v) is 8.53. The van der Waals surface area contributed by atoms with Crippen molar-refractivity contribution in [1.82, 2.24) is 10.0 Å². The fraction of sp³-hybridized carbons (Fsp3) is 0.571. The summed E-state index contributed by atoms with van der Waals surface area (Å²) < 4.78 is 43.7. The monoisotopic (exact) mass is 330 g/mol. The number of benzene rings is 1. The summed E-state index contributed by atoms with van der Waals surface area (Å²) in [6, 6.07) is 2.96. The van der Waals surface area contributed by atoms with Crippen molar-refractivity contribution in [3.8, 4) is 17.2 Å². The van der Waals surface area contributed by atoms with Crippen LogP contribution in [0, 0.1) is 0 Å². The fourth-order valence-electron chi connectivity index (χ4n) is 2.46. The van der Waals surface area contributed by atoms with E-state index in [2.05, 4.69) is 10.0 Å². The molecule has 124 valence electrons. The molecule has 1 saturated heterocycles. The summed E-state index contributed by atoms with van der Waals surface area (Å²) in [5.41, 5.74) is 0. The van der Waals surface area contributed by atoms with Gasteiger partial charge in [-0.15, -0.1) is 0 Å². The zero-order valence-corrected chi connectivity index (χ0v) is 13.8. The maximum Gasteiger partial charge on any atom is 0.248 e. The lowest BCUT2D eigenvalue weighted by Gasteiger charge is -2.24. The van der Waals surface area contributed by atoms with Crippen molar-refractivity contribution in [2.24, 2.45) is 0 Å². The van der Waals surface area contributed by atoms with Crippen molar-refractivity contribution >= 4 is 10.0 Å². The summed E-state index contributed by atoms with van der Waals surface area (Å²) in [5.74, 6) is 0.852. The second kappa shape index (κ2) is 7.17. The third-order valence-corrected chi connectivity index (χ3v) is 5.18. The van der Waals surface area contributed by atoms with Crippen molar-refractivity contribution in [3.63, 3.8) is 0 Å². The number of piperidine rings is 1. The van der Waals surface area contributed by atoms with Crippen LogP contribution in [0.3, 0.4) is 0 Å². The minimum atomic E-state index is -3.75. The van der Waals surface area contributed by atoms with Crippen LogP contribution in [0.5, 0.6) is 17.2 Å². The minimum Gasteiger partial charge on any atom is -0.496 e. The van der Waals surface area contributed by atoms with Gasteiger partial charge in [0.1, 0.15) is 17.2 Å². The van der Waals surface area contributed by atoms with Crippen LogP contribution in [0.15, 0.2) is 17.0 Å². The maximum atomic E-state index is 12.7. The lowest BCUT2D eigenvalue weighted by molar-refractivity contribution is 0.357. The van der Waals surface area contributed by atoms with Gasteiger partial charge in [-0.3, -0.25) is 0 Å². The van der Waals surface area contributed by atoms with Crippen LogP contribution < -0.4 is 24.2 Å². The molecule has 7 nitrogen and oxygen atoms in total. The molecule has 1 aliphatic rings. The number of ether oxygens (including phenoxy) is 3. The average molecular weight is 330 g/mol. The highest BCUT2D eigenvalue weighted by Gasteiger charge is 2.29. The van der Waals surface area contributed by atoms with Gasteiger partial charge in [0, 0.05) is 18.2 Å². The van der Waals surface area contributed by atoms with Gasteiger partial charge in [0.2, 0.25) is 10.0 Å². The molecule has 0 spiro atoms. The molecule has 0 aliphatic carbocycles. The second-order valence-electron chi connectivity index (χ2n) is 5.01. The zero-order valence-electron chi connectivity index (χ0n) is 13.0. The van der Waals surface area contributed by atoms with E-state index in [-0.39, 0.29) is 22.4 Å². The van der Waals surface area contributed by atoms with E-state index in [1.54, 1.807) is 0 Å². The predicted octanol–water partition coefficient (Wildman–Crippen LogP) is 0.743. The van der Waals surface area contributed by atoms with E-state index < -0.39 is 10.0 Å². The number of methoxy groups -OCH3 is 3. The van der Waals surface area contributed by atoms with Gasteiger partial charge >= 0.3 is 0 Å². The van der Waals surface area contributed by atoms with Crippen LogP contribution in [0.2, 0.25) is 0 Å². The molecule has 0 radical (unpaired) electrons. The molecule has 1 aromatic carbocycles. The van der Waals surface area contributed by atoms with Gasteiger partial charge in [0.25, 0.3) is 0 Å². The number of sulfonamides is 1. The topological polar surface area (TPSA) is 85.9 Å². The first kappa shape index (κ1) is 16.9. The van der Waals surface area contributed by atoms with Crippen LogP contribution in [0.4, 0.5) is 0 Å². The Kier molecular flexibility index (Phi) is 5.49. The smallest absolute Gasteiger partial charge is 0.248 e. The number of rotatable bonds is 6. The molecule has 2 N–H and O–H groups in total. The molecular weight excluding hydrogens is 308 g/mol. The van der Waals surface area contributed by atoms with Crippen molar-refractivity contribution in [1.29, 1.82) is 0 Å². The minimum absolute atomic E-state index is 0.00293. The molecule has 1 fully saturated rings. The van der Waals surface area contributed by atoms with Crippen LogP contribution in [0.1, 0.15) is 12.8 Å². The van der Waals surface area contributed by atoms with Gasteiger partial charge in [-0.1, -0.05) is 0 Å². The fourth-order valence-corrected chi connectivity index (χ4v) is 4.06. The standard InChI is InChI=1S/C14H22N2O5S/c1-19-11-8-12(20-2)14(13(9-11)21-3)22(17,18)16-10-4-6-15-7-5-10/h8-10,15-16H,4-7H2,1-3H3. The Labute approximate surface area is 131 Å². The Morgan fingerprint density at radius 1 is 1.05 bits per heavy atom. The lowest BCUT2D eigenvalue weighted by atomic mass is 10.1. The normalized spacial score (nSPS) is 16.3. The third-order valence-electron chi connectivity index (χ3n) is 3.60. The van der Waals surface area contributed by atoms with Gasteiger partial charge < -0.3 is 19.5 Å². The van der Waals surface area contributed by atoms with Crippen LogP contribution >= 0.6 is 0 Å². The first-order chi connectivity index (χ1) is 10.5. The molecule has 22 heavy (non-hydrogen) atoms. The maximum absolute atomic E-state index is 12.7. The molecule has 1 heterocycles. The van der Waals surface area contributed by atoms with Crippen LogP contribution in [0.25, 0.3) is 0 Å². The summed E-state index contributed by atoms with van der Waals surface area (Å²) in [6.07, 6.45) is 1.50. The summed E-state index contributed by atoms with van der Waals surface area (Å²) in [7, 11) is 0.571. The predicted molar refractivity (Wildman–Crippen MR) is 82.3 cm³/mol. The van der Waals surface area contributed by atoms with E-state index in [1.165, 1.54) is 33.5 Å². The first-order valence-electron chi connectivity index (χ1n) is 7.05. The quantitative estimate of drug-likeness (QED) is 0.800. The lowest BCUT2D eigenvalue weighted by Crippen LogP contribution is -2.42. The van der Waals surface area contributed by atoms with Gasteiger partial charge in [0.05, 0.1) is 21.3 Å². The number of nitrogens with one attached hydrogen (secondary N) is 2. The van der Waals surface area contributed by atoms with Crippen LogP contribution in [-0.2, 0) is 10.0 Å². The van der Waals surface area contributed by atoms with Crippen molar-refractivity contribution < 1.29 is 22.6 Å². The van der Waals surface area contributed by atoms with Crippen LogP contribution in [-0.4, -0.2) is 48.9 Å². The van der Waals surface area contributed by atoms with E-state index in [4.69, 9.17) is 14.2 Å². The summed E-state index contributed by atoms with van der Waals surface area (Å²) in [5, 5.41) is 3.20. The van der Waals surface area contributed by atoms with E-state index in [9.17, 15) is 8.42 Å². The van der Waals surface area contributed by atoms with Crippen molar-refractivity contribution in [3.05, 3.63) is 12.1 Å². The molecule has 0 amide bonds. The second-order valence-corrected chi connectivity index (χ2v) is 6.66. The SMILES string of the molecule is COc1cc(OC)c(S(=O)(=O)NC2CCNCC2)c(OC)c1. The third kappa shape index (κ3) is 3.63. The summed E-state index contributed by atoms with van der Waals surface area (Å²) in [6.45, 7) is 1.59. The molecule has 0 aromatic heterocycles. The Morgan fingerprint density at radius 3 is 2.05 bits per heavy atom. The Hall–Kier alpha value is -1.51. The zero-order chi connectivity index (χ0) is 16.2. The molecule has 8 heteroatoms. The highest BCUT2D eigenvalue weighted by atomic mass is 32.2. The average Bonchev–Trinajstić information content (AvgIpc) is 2.53. The van der Waals surface area contributed by atoms with E-state index >= 15 is 0 Å². The van der Waals surface area contributed by atoms with Gasteiger partial charge in [0.15, 0.2) is 4.90 Å². The van der Waals surface area contributed by atoms with Crippen molar-refractivity contribution in [2.45, 2.75) is 23.8 Å². The van der Waals surface area contributed by atoms with Gasteiger partial charge in [-0.2, -0.15) is 0 Å². The molecule has 1 aliphatic heterocycles. The molecule has 0 bridgehead atoms. The highest BCUT2D eigenvalue weighted by molar-refractivity contribution is 7.89. The van der Waals surface area contributed by atoms with E-state index in [0.29, 0.717) is 5.75 Å². The Morgan fingerprint density at radius 2 is 1.59 bits per heavy atom. The van der Waals surface area contributed by atoms with Crippen molar-refractivity contribution in [2.75, 3.05) is 34.4 Å². The molecule has 0 saturated carbocycles.